The summed E-state index contributed by atoms with van der Waals surface area (Å²) in [5.74, 6) is 1.00. The van der Waals surface area contributed by atoms with Gasteiger partial charge in [-0.05, 0) is 61.7 Å². The molecule has 0 aliphatic rings. The number of hydrogen-bond donors (Lipinski definition) is 0. The van der Waals surface area contributed by atoms with Crippen molar-refractivity contribution in [1.29, 1.82) is 0 Å². The van der Waals surface area contributed by atoms with E-state index in [1.807, 2.05) is 32.0 Å². The highest BCUT2D eigenvalue weighted by molar-refractivity contribution is 6.20. The molecule has 7 nitrogen and oxygen atoms in total. The number of methoxy groups -OCH3 is 2. The molecular weight excluding hydrogens is 384 g/mol. The maximum Gasteiger partial charge on any atom is 0.343 e. The van der Waals surface area contributed by atoms with Gasteiger partial charge in [0.05, 0.1) is 20.8 Å². The third kappa shape index (κ3) is 4.51. The van der Waals surface area contributed by atoms with Crippen LogP contribution in [-0.2, 0) is 9.53 Å². The van der Waals surface area contributed by atoms with E-state index in [1.165, 1.54) is 5.56 Å². The maximum absolute atomic E-state index is 12.6. The van der Waals surface area contributed by atoms with Crippen LogP contribution in [0.1, 0.15) is 29.5 Å². The highest BCUT2D eigenvalue weighted by Gasteiger charge is 2.21. The van der Waals surface area contributed by atoms with Crippen LogP contribution in [0.4, 0.5) is 0 Å². The lowest BCUT2D eigenvalue weighted by atomic mass is 10.0. The van der Waals surface area contributed by atoms with Crippen molar-refractivity contribution in [2.45, 2.75) is 20.8 Å². The van der Waals surface area contributed by atoms with E-state index in [-0.39, 0.29) is 18.1 Å². The van der Waals surface area contributed by atoms with E-state index in [9.17, 15) is 4.79 Å². The highest BCUT2D eigenvalue weighted by Crippen LogP contribution is 2.32. The smallest absolute Gasteiger partial charge is 0.343 e. The van der Waals surface area contributed by atoms with E-state index >= 15 is 0 Å². The van der Waals surface area contributed by atoms with Crippen molar-refractivity contribution < 1.29 is 23.5 Å². The van der Waals surface area contributed by atoms with Gasteiger partial charge in [0.2, 0.25) is 5.82 Å². The summed E-state index contributed by atoms with van der Waals surface area (Å²) in [5, 5.41) is 4.02. The number of rotatable bonds is 7. The van der Waals surface area contributed by atoms with Gasteiger partial charge in [-0.15, -0.1) is 0 Å². The molecule has 0 amide bonds. The summed E-state index contributed by atoms with van der Waals surface area (Å²) in [5.41, 5.74) is 3.98. The third-order valence-electron chi connectivity index (χ3n) is 4.64. The van der Waals surface area contributed by atoms with Crippen LogP contribution in [0, 0.1) is 13.8 Å². The molecule has 0 unspecified atom stereocenters. The van der Waals surface area contributed by atoms with E-state index in [0.29, 0.717) is 22.9 Å². The molecule has 0 atom stereocenters. The van der Waals surface area contributed by atoms with Gasteiger partial charge < -0.3 is 18.7 Å². The molecule has 1 heterocycles. The minimum absolute atomic E-state index is 0.0801. The number of carbonyl (C=O) groups is 1. The summed E-state index contributed by atoms with van der Waals surface area (Å²) in [6.07, 6.45) is 1.69. The summed E-state index contributed by atoms with van der Waals surface area (Å²) in [7, 11) is 3.11. The molecule has 0 spiro atoms. The zero-order chi connectivity index (χ0) is 21.7. The number of ether oxygens (including phenoxy) is 3. The van der Waals surface area contributed by atoms with Crippen molar-refractivity contribution in [3.8, 4) is 22.9 Å². The molecule has 3 rings (SSSR count). The summed E-state index contributed by atoms with van der Waals surface area (Å²) in [6, 6.07) is 11.2. The van der Waals surface area contributed by atoms with Crippen molar-refractivity contribution in [2.75, 3.05) is 20.8 Å². The first kappa shape index (κ1) is 21.1. The van der Waals surface area contributed by atoms with Crippen molar-refractivity contribution >= 4 is 17.6 Å². The normalized spacial score (nSPS) is 11.3. The van der Waals surface area contributed by atoms with E-state index < -0.39 is 5.97 Å². The standard InChI is InChI=1S/C23H24N2O5/c1-6-29-23(26)18(12-16-8-7-14(2)15(3)11-16)22-24-21(25-30-22)17-9-10-19(27-4)20(13-17)28-5/h7-13H,6H2,1-5H3/b18-12+. The van der Waals surface area contributed by atoms with E-state index in [4.69, 9.17) is 18.7 Å². The minimum Gasteiger partial charge on any atom is -0.493 e. The Morgan fingerprint density at radius 1 is 1.03 bits per heavy atom. The van der Waals surface area contributed by atoms with Gasteiger partial charge in [0.25, 0.3) is 5.89 Å². The lowest BCUT2D eigenvalue weighted by molar-refractivity contribution is -0.136. The van der Waals surface area contributed by atoms with Crippen LogP contribution in [-0.4, -0.2) is 36.9 Å². The number of aryl methyl sites for hydroxylation is 2. The van der Waals surface area contributed by atoms with Crippen LogP contribution in [0.25, 0.3) is 23.0 Å². The molecule has 1 aromatic heterocycles. The van der Waals surface area contributed by atoms with Crippen LogP contribution in [0.15, 0.2) is 40.9 Å². The number of aromatic nitrogens is 2. The summed E-state index contributed by atoms with van der Waals surface area (Å²) < 4.78 is 21.2. The van der Waals surface area contributed by atoms with Crippen LogP contribution in [0.2, 0.25) is 0 Å². The largest absolute Gasteiger partial charge is 0.493 e. The Kier molecular flexibility index (Phi) is 6.51. The average Bonchev–Trinajstić information content (AvgIpc) is 3.24. The van der Waals surface area contributed by atoms with Crippen molar-refractivity contribution in [2.24, 2.45) is 0 Å². The molecule has 0 fully saturated rings. The first-order chi connectivity index (χ1) is 14.5. The van der Waals surface area contributed by atoms with Gasteiger partial charge in [0, 0.05) is 5.56 Å². The monoisotopic (exact) mass is 408 g/mol. The third-order valence-corrected chi connectivity index (χ3v) is 4.64. The first-order valence-electron chi connectivity index (χ1n) is 9.49. The van der Waals surface area contributed by atoms with Crippen LogP contribution >= 0.6 is 0 Å². The van der Waals surface area contributed by atoms with E-state index in [2.05, 4.69) is 10.1 Å². The quantitative estimate of drug-likeness (QED) is 0.421. The molecule has 0 aliphatic heterocycles. The van der Waals surface area contributed by atoms with Gasteiger partial charge in [0.15, 0.2) is 11.5 Å². The highest BCUT2D eigenvalue weighted by atomic mass is 16.5. The minimum atomic E-state index is -0.529. The summed E-state index contributed by atoms with van der Waals surface area (Å²) in [6.45, 7) is 6.02. The Hall–Kier alpha value is -3.61. The molecule has 7 heteroatoms. The molecule has 3 aromatic rings. The maximum atomic E-state index is 12.6. The predicted molar refractivity (Wildman–Crippen MR) is 113 cm³/mol. The zero-order valence-corrected chi connectivity index (χ0v) is 17.7. The lowest BCUT2D eigenvalue weighted by Crippen LogP contribution is -2.07. The van der Waals surface area contributed by atoms with Gasteiger partial charge in [-0.1, -0.05) is 23.4 Å². The first-order valence-corrected chi connectivity index (χ1v) is 9.49. The Balaban J connectivity index is 2.02. The fourth-order valence-electron chi connectivity index (χ4n) is 2.86. The van der Waals surface area contributed by atoms with Crippen molar-refractivity contribution in [3.05, 3.63) is 59.0 Å². The molecule has 0 aliphatic carbocycles. The molecule has 156 valence electrons. The van der Waals surface area contributed by atoms with Crippen LogP contribution in [0.5, 0.6) is 11.5 Å². The molecular formula is C23H24N2O5. The average molecular weight is 408 g/mol. The molecule has 0 radical (unpaired) electrons. The second-order valence-electron chi connectivity index (χ2n) is 6.62. The van der Waals surface area contributed by atoms with E-state index in [1.54, 1.807) is 45.4 Å². The zero-order valence-electron chi connectivity index (χ0n) is 17.7. The number of nitrogens with zero attached hydrogens (tertiary/aromatic N) is 2. The molecule has 2 aromatic carbocycles. The van der Waals surface area contributed by atoms with Crippen LogP contribution < -0.4 is 9.47 Å². The summed E-state index contributed by atoms with van der Waals surface area (Å²) >= 11 is 0. The Labute approximate surface area is 175 Å². The topological polar surface area (TPSA) is 83.7 Å². The molecule has 0 bridgehead atoms. The van der Waals surface area contributed by atoms with Gasteiger partial charge in [-0.2, -0.15) is 4.98 Å². The van der Waals surface area contributed by atoms with Crippen molar-refractivity contribution in [1.82, 2.24) is 10.1 Å². The fraction of sp³-hybridized carbons (Fsp3) is 0.261. The molecule has 0 saturated heterocycles. The van der Waals surface area contributed by atoms with Gasteiger partial charge in [-0.3, -0.25) is 0 Å². The van der Waals surface area contributed by atoms with Gasteiger partial charge in [-0.25, -0.2) is 4.79 Å². The second-order valence-corrected chi connectivity index (χ2v) is 6.62. The SMILES string of the molecule is CCOC(=O)/C(=C/c1ccc(C)c(C)c1)c1nc(-c2ccc(OC)c(OC)c2)no1. The van der Waals surface area contributed by atoms with Crippen molar-refractivity contribution in [3.63, 3.8) is 0 Å². The lowest BCUT2D eigenvalue weighted by Gasteiger charge is -2.07. The molecule has 0 saturated carbocycles. The molecule has 0 N–H and O–H groups in total. The number of benzene rings is 2. The Morgan fingerprint density at radius 3 is 2.47 bits per heavy atom. The number of hydrogen-bond acceptors (Lipinski definition) is 7. The number of carbonyl (C=O) groups excluding carboxylic acids is 1. The van der Waals surface area contributed by atoms with Crippen LogP contribution in [0.3, 0.4) is 0 Å². The predicted octanol–water partition coefficient (Wildman–Crippen LogP) is 4.47. The summed E-state index contributed by atoms with van der Waals surface area (Å²) in [4.78, 5) is 17.0. The Morgan fingerprint density at radius 2 is 1.80 bits per heavy atom. The number of esters is 1. The Bertz CT molecular complexity index is 1080. The fourth-order valence-corrected chi connectivity index (χ4v) is 2.86. The molecule has 30 heavy (non-hydrogen) atoms. The second kappa shape index (κ2) is 9.26. The van der Waals surface area contributed by atoms with Gasteiger partial charge >= 0.3 is 5.97 Å². The van der Waals surface area contributed by atoms with E-state index in [0.717, 1.165) is 11.1 Å². The van der Waals surface area contributed by atoms with Gasteiger partial charge in [0.1, 0.15) is 5.57 Å².